The number of hydrogen-bond donors (Lipinski definition) is 3. The average Bonchev–Trinajstić information content (AvgIpc) is 3.51. The van der Waals surface area contributed by atoms with E-state index in [0.29, 0.717) is 38.3 Å². The van der Waals surface area contributed by atoms with Crippen LogP contribution >= 0.6 is 0 Å². The molecule has 0 bridgehead atoms. The Morgan fingerprint density at radius 3 is 2.44 bits per heavy atom. The molecule has 2 aliphatic rings. The quantitative estimate of drug-likeness (QED) is 0.569. The number of para-hydroxylation sites is 1. The standard InChI is InChI=1S/C24H26F3N3O4/c25-24(26,27)19-3-1-2-4-20(19)29-18-7-5-16(6-8-18)13-28-22(32)23(10-12-34-15-23)30-21(31)17-9-11-33-14-17/h1-8,17,29H,9-15H2,(H,28,32)(H,30,31). The van der Waals surface area contributed by atoms with Crippen LogP contribution in [-0.2, 0) is 31.8 Å². The molecule has 2 unspecified atom stereocenters. The van der Waals surface area contributed by atoms with Crippen molar-refractivity contribution in [2.24, 2.45) is 5.92 Å². The SMILES string of the molecule is O=C(NC1(C(=O)NCc2ccc(Nc3ccccc3C(F)(F)F)cc2)CCOC1)C1CCOC1. The van der Waals surface area contributed by atoms with E-state index < -0.39 is 17.3 Å². The number of halogens is 3. The monoisotopic (exact) mass is 477 g/mol. The fourth-order valence-electron chi connectivity index (χ4n) is 4.03. The summed E-state index contributed by atoms with van der Waals surface area (Å²) in [6.45, 7) is 1.54. The number of carbonyl (C=O) groups is 2. The molecule has 2 aliphatic heterocycles. The Kier molecular flexibility index (Phi) is 7.08. The van der Waals surface area contributed by atoms with Crippen LogP contribution in [0.4, 0.5) is 24.5 Å². The molecule has 2 heterocycles. The van der Waals surface area contributed by atoms with Gasteiger partial charge in [0.2, 0.25) is 11.8 Å². The van der Waals surface area contributed by atoms with Crippen LogP contribution in [0.15, 0.2) is 48.5 Å². The molecule has 0 aromatic heterocycles. The van der Waals surface area contributed by atoms with Crippen LogP contribution in [0, 0.1) is 5.92 Å². The summed E-state index contributed by atoms with van der Waals surface area (Å²) in [6.07, 6.45) is -3.47. The molecule has 0 saturated carbocycles. The van der Waals surface area contributed by atoms with Crippen molar-refractivity contribution in [2.75, 3.05) is 31.7 Å². The predicted molar refractivity (Wildman–Crippen MR) is 118 cm³/mol. The number of ether oxygens (including phenoxy) is 2. The molecule has 0 radical (unpaired) electrons. The van der Waals surface area contributed by atoms with Crippen molar-refractivity contribution in [3.8, 4) is 0 Å². The summed E-state index contributed by atoms with van der Waals surface area (Å²) in [5, 5.41) is 8.50. The largest absolute Gasteiger partial charge is 0.418 e. The Morgan fingerprint density at radius 1 is 1.03 bits per heavy atom. The van der Waals surface area contributed by atoms with Gasteiger partial charge in [0, 0.05) is 31.9 Å². The van der Waals surface area contributed by atoms with Gasteiger partial charge < -0.3 is 25.4 Å². The Morgan fingerprint density at radius 2 is 1.79 bits per heavy atom. The lowest BCUT2D eigenvalue weighted by atomic mass is 9.95. The van der Waals surface area contributed by atoms with Gasteiger partial charge in [0.05, 0.1) is 30.4 Å². The van der Waals surface area contributed by atoms with Crippen LogP contribution in [0.3, 0.4) is 0 Å². The highest BCUT2D eigenvalue weighted by atomic mass is 19.4. The number of amides is 2. The molecule has 34 heavy (non-hydrogen) atoms. The second-order valence-electron chi connectivity index (χ2n) is 8.48. The molecule has 2 aromatic rings. The normalized spacial score (nSPS) is 22.4. The first-order chi connectivity index (χ1) is 16.3. The van der Waals surface area contributed by atoms with Gasteiger partial charge in [0.1, 0.15) is 5.54 Å². The molecule has 2 amide bonds. The van der Waals surface area contributed by atoms with Crippen molar-refractivity contribution in [1.82, 2.24) is 10.6 Å². The van der Waals surface area contributed by atoms with Gasteiger partial charge in [-0.05, 0) is 36.2 Å². The lowest BCUT2D eigenvalue weighted by Crippen LogP contribution is -2.60. The number of nitrogens with one attached hydrogen (secondary N) is 3. The van der Waals surface area contributed by atoms with Gasteiger partial charge in [0.25, 0.3) is 0 Å². The van der Waals surface area contributed by atoms with Crippen LogP contribution in [0.2, 0.25) is 0 Å². The second-order valence-corrected chi connectivity index (χ2v) is 8.48. The van der Waals surface area contributed by atoms with Gasteiger partial charge in [0.15, 0.2) is 0 Å². The minimum atomic E-state index is -4.46. The minimum absolute atomic E-state index is 0.0392. The molecular weight excluding hydrogens is 451 g/mol. The molecule has 2 saturated heterocycles. The average molecular weight is 477 g/mol. The Balaban J connectivity index is 1.36. The maximum Gasteiger partial charge on any atom is 0.418 e. The first-order valence-electron chi connectivity index (χ1n) is 11.0. The van der Waals surface area contributed by atoms with E-state index in [9.17, 15) is 22.8 Å². The summed E-state index contributed by atoms with van der Waals surface area (Å²) < 4.78 is 50.3. The molecule has 3 N–H and O–H groups in total. The molecule has 2 aromatic carbocycles. The lowest BCUT2D eigenvalue weighted by Gasteiger charge is -2.28. The highest BCUT2D eigenvalue weighted by molar-refractivity contribution is 5.92. The smallest absolute Gasteiger partial charge is 0.381 e. The summed E-state index contributed by atoms with van der Waals surface area (Å²) in [5.41, 5.74) is -0.669. The molecule has 182 valence electrons. The number of hydrogen-bond acceptors (Lipinski definition) is 5. The molecule has 0 aliphatic carbocycles. The van der Waals surface area contributed by atoms with E-state index >= 15 is 0 Å². The predicted octanol–water partition coefficient (Wildman–Crippen LogP) is 3.38. The summed E-state index contributed by atoms with van der Waals surface area (Å²) in [7, 11) is 0. The zero-order valence-corrected chi connectivity index (χ0v) is 18.4. The molecule has 2 atom stereocenters. The molecule has 10 heteroatoms. The van der Waals surface area contributed by atoms with Crippen LogP contribution in [0.5, 0.6) is 0 Å². The van der Waals surface area contributed by atoms with Crippen molar-refractivity contribution in [1.29, 1.82) is 0 Å². The Bertz CT molecular complexity index is 1010. The van der Waals surface area contributed by atoms with Crippen molar-refractivity contribution in [3.63, 3.8) is 0 Å². The van der Waals surface area contributed by atoms with Crippen LogP contribution in [0.25, 0.3) is 0 Å². The highest BCUT2D eigenvalue weighted by Gasteiger charge is 2.44. The van der Waals surface area contributed by atoms with Crippen LogP contribution in [-0.4, -0.2) is 43.8 Å². The number of benzene rings is 2. The fourth-order valence-corrected chi connectivity index (χ4v) is 4.03. The van der Waals surface area contributed by atoms with Crippen molar-refractivity contribution in [2.45, 2.75) is 31.1 Å². The highest BCUT2D eigenvalue weighted by Crippen LogP contribution is 2.35. The summed E-state index contributed by atoms with van der Waals surface area (Å²) >= 11 is 0. The van der Waals surface area contributed by atoms with Gasteiger partial charge in [-0.25, -0.2) is 0 Å². The van der Waals surface area contributed by atoms with Gasteiger partial charge in [-0.3, -0.25) is 9.59 Å². The van der Waals surface area contributed by atoms with E-state index in [1.54, 1.807) is 24.3 Å². The van der Waals surface area contributed by atoms with E-state index in [2.05, 4.69) is 16.0 Å². The zero-order chi connectivity index (χ0) is 24.2. The minimum Gasteiger partial charge on any atom is -0.381 e. The third kappa shape index (κ3) is 5.51. The second kappa shape index (κ2) is 10.0. The number of anilines is 2. The van der Waals surface area contributed by atoms with E-state index in [1.807, 2.05) is 0 Å². The molecular formula is C24H26F3N3O4. The van der Waals surface area contributed by atoms with E-state index in [-0.39, 0.29) is 36.6 Å². The van der Waals surface area contributed by atoms with E-state index in [1.165, 1.54) is 18.2 Å². The van der Waals surface area contributed by atoms with Gasteiger partial charge in [-0.1, -0.05) is 24.3 Å². The Labute approximate surface area is 195 Å². The fraction of sp³-hybridized carbons (Fsp3) is 0.417. The van der Waals surface area contributed by atoms with Gasteiger partial charge in [-0.2, -0.15) is 13.2 Å². The third-order valence-corrected chi connectivity index (χ3v) is 6.04. The lowest BCUT2D eigenvalue weighted by molar-refractivity contribution is -0.137. The first kappa shape index (κ1) is 24.0. The van der Waals surface area contributed by atoms with E-state index in [0.717, 1.165) is 11.6 Å². The topological polar surface area (TPSA) is 88.7 Å². The maximum absolute atomic E-state index is 13.2. The Hall–Kier alpha value is -3.11. The summed E-state index contributed by atoms with van der Waals surface area (Å²) in [6, 6.07) is 12.0. The van der Waals surface area contributed by atoms with Crippen LogP contribution < -0.4 is 16.0 Å². The molecule has 2 fully saturated rings. The zero-order valence-electron chi connectivity index (χ0n) is 18.4. The van der Waals surface area contributed by atoms with Gasteiger partial charge in [-0.15, -0.1) is 0 Å². The number of rotatable bonds is 7. The first-order valence-corrected chi connectivity index (χ1v) is 11.0. The van der Waals surface area contributed by atoms with Crippen LogP contribution in [0.1, 0.15) is 24.0 Å². The van der Waals surface area contributed by atoms with Crippen molar-refractivity contribution < 1.29 is 32.2 Å². The molecule has 0 spiro atoms. The number of carbonyl (C=O) groups excluding carboxylic acids is 2. The van der Waals surface area contributed by atoms with Crippen molar-refractivity contribution in [3.05, 3.63) is 59.7 Å². The summed E-state index contributed by atoms with van der Waals surface area (Å²) in [5.74, 6) is -0.820. The third-order valence-electron chi connectivity index (χ3n) is 6.04. The number of alkyl halides is 3. The van der Waals surface area contributed by atoms with Gasteiger partial charge >= 0.3 is 6.18 Å². The van der Waals surface area contributed by atoms with Crippen molar-refractivity contribution >= 4 is 23.2 Å². The van der Waals surface area contributed by atoms with E-state index in [4.69, 9.17) is 9.47 Å². The molecule has 7 nitrogen and oxygen atoms in total. The molecule has 4 rings (SSSR count). The summed E-state index contributed by atoms with van der Waals surface area (Å²) in [4.78, 5) is 25.5. The maximum atomic E-state index is 13.2.